The Balaban J connectivity index is 0.000000292. The summed E-state index contributed by atoms with van der Waals surface area (Å²) < 4.78 is 76.6. The molecule has 384 valence electrons. The molecule has 0 aliphatic heterocycles. The molecule has 4 aromatic rings. The number of ether oxygens (including phenoxy) is 2. The van der Waals surface area contributed by atoms with Gasteiger partial charge in [-0.1, -0.05) is 102 Å². The molecular formula is C56H68F3IO9SSi. The topological polar surface area (TPSA) is 133 Å². The van der Waals surface area contributed by atoms with E-state index in [0.29, 0.717) is 30.6 Å². The van der Waals surface area contributed by atoms with Gasteiger partial charge in [-0.15, -0.1) is 12.0 Å². The maximum Gasteiger partial charge on any atom is 0.534 e. The highest BCUT2D eigenvalue weighted by molar-refractivity contribution is 14.1. The average Bonchev–Trinajstić information content (AvgIpc) is 3.27. The van der Waals surface area contributed by atoms with Crippen molar-refractivity contribution in [2.24, 2.45) is 0 Å². The molecule has 0 saturated carbocycles. The number of carboxylic acid groups (broad SMARTS) is 1. The molecule has 0 heterocycles. The fourth-order valence-corrected chi connectivity index (χ4v) is 8.76. The molecule has 0 amide bonds. The van der Waals surface area contributed by atoms with E-state index >= 15 is 0 Å². The summed E-state index contributed by atoms with van der Waals surface area (Å²) in [4.78, 5) is 35.5. The number of terminal acetylenes is 1. The molecule has 6 rings (SSSR count). The number of fused-ring (bicyclic) bond motifs is 2. The van der Waals surface area contributed by atoms with Crippen LogP contribution in [-0.4, -0.2) is 58.2 Å². The number of hydrogen-bond acceptors (Lipinski definition) is 8. The summed E-state index contributed by atoms with van der Waals surface area (Å²) >= 11 is 2.31. The molecule has 1 N–H and O–H groups in total. The smallest absolute Gasteiger partial charge is 0.481 e. The molecule has 15 heteroatoms. The fourth-order valence-electron chi connectivity index (χ4n) is 7.89. The maximum atomic E-state index is 12.6. The van der Waals surface area contributed by atoms with Gasteiger partial charge in [0.1, 0.15) is 13.8 Å². The molecule has 2 aliphatic carbocycles. The van der Waals surface area contributed by atoms with Crippen LogP contribution in [0.3, 0.4) is 0 Å². The minimum atomic E-state index is -5.77. The second kappa shape index (κ2) is 25.5. The van der Waals surface area contributed by atoms with E-state index in [1.807, 2.05) is 39.8 Å². The first-order valence-corrected chi connectivity index (χ1v) is 29.6. The van der Waals surface area contributed by atoms with Crippen LogP contribution < -0.4 is 4.18 Å². The van der Waals surface area contributed by atoms with Gasteiger partial charge in [0.25, 0.3) is 0 Å². The third-order valence-corrected chi connectivity index (χ3v) is 14.7. The second-order valence-corrected chi connectivity index (χ2v) is 27.4. The van der Waals surface area contributed by atoms with Gasteiger partial charge in [0, 0.05) is 14.7 Å². The summed E-state index contributed by atoms with van der Waals surface area (Å²) in [5, 5.41) is 8.88. The van der Waals surface area contributed by atoms with E-state index in [-0.39, 0.29) is 35.9 Å². The Morgan fingerprint density at radius 2 is 1.21 bits per heavy atom. The van der Waals surface area contributed by atoms with Gasteiger partial charge in [-0.05, 0) is 174 Å². The Labute approximate surface area is 434 Å². The van der Waals surface area contributed by atoms with E-state index in [2.05, 4.69) is 121 Å². The number of carbonyl (C=O) groups excluding carboxylic acids is 2. The molecule has 0 saturated heterocycles. The monoisotopic (exact) mass is 1130 g/mol. The zero-order chi connectivity index (χ0) is 53.7. The minimum Gasteiger partial charge on any atom is -0.481 e. The number of carbonyl (C=O) groups is 3. The van der Waals surface area contributed by atoms with Crippen molar-refractivity contribution in [1.82, 2.24) is 0 Å². The lowest BCUT2D eigenvalue weighted by molar-refractivity contribution is -0.146. The summed E-state index contributed by atoms with van der Waals surface area (Å²) in [6.45, 7) is 24.4. The van der Waals surface area contributed by atoms with Crippen LogP contribution in [0.1, 0.15) is 142 Å². The average molecular weight is 1130 g/mol. The Morgan fingerprint density at radius 3 is 1.63 bits per heavy atom. The summed E-state index contributed by atoms with van der Waals surface area (Å²) in [7, 11) is -6.87. The van der Waals surface area contributed by atoms with Gasteiger partial charge in [0.15, 0.2) is 0 Å². The molecule has 4 aromatic carbocycles. The number of esters is 2. The molecule has 0 radical (unpaired) electrons. The van der Waals surface area contributed by atoms with Crippen LogP contribution in [0.5, 0.6) is 5.75 Å². The van der Waals surface area contributed by atoms with Crippen molar-refractivity contribution in [3.05, 3.63) is 132 Å². The number of halogens is 4. The summed E-state index contributed by atoms with van der Waals surface area (Å²) in [5.74, 6) is 3.91. The largest absolute Gasteiger partial charge is 0.534 e. The van der Waals surface area contributed by atoms with E-state index < -0.39 is 52.7 Å². The van der Waals surface area contributed by atoms with Crippen LogP contribution in [0.25, 0.3) is 0 Å². The van der Waals surface area contributed by atoms with E-state index in [0.717, 1.165) is 47.1 Å². The molecule has 0 spiro atoms. The van der Waals surface area contributed by atoms with Gasteiger partial charge in [-0.25, -0.2) is 0 Å². The van der Waals surface area contributed by atoms with Crippen molar-refractivity contribution in [3.63, 3.8) is 0 Å². The normalized spacial score (nSPS) is 16.3. The van der Waals surface area contributed by atoms with Gasteiger partial charge in [-0.2, -0.15) is 21.6 Å². The van der Waals surface area contributed by atoms with Crippen molar-refractivity contribution >= 4 is 58.7 Å². The zero-order valence-corrected chi connectivity index (χ0v) is 46.9. The minimum absolute atomic E-state index is 0.00829. The number of aryl methyl sites for hydroxylation is 3. The van der Waals surface area contributed by atoms with E-state index in [1.165, 1.54) is 33.8 Å². The standard InChI is InChI=1S/C26H28O4.C17H21F3O5S.C8H9I.C5H10Si/c1-5-30-25(29)21-12-13-26(3,4)23-16-20(17(2)14-22(21)23)11-10-18-6-8-19(9-7-18)15-24(27)28;1-5-24-15(21)11-6-7-16(3,4)13-9-14(10(2)8-12(11)13)25-26(22,23)17(18,19)20;1-2-7-3-5-8(9)6-4-7;1-5-6(2,3)4/h6-9,14,16,21H,5,12-13,15H2,1-4H3,(H,27,28);8-9,11H,5-7H2,1-4H3;3-6H,2H2,1H3;1H,2-4H3. The number of rotatable bonds is 9. The Bertz CT molecular complexity index is 2720. The SMILES string of the molecule is C#C[Si](C)(C)C.CCOC(=O)C1CCC(C)(C)c2cc(C#Cc3ccc(CC(=O)O)cc3)c(C)cc21.CCOC(=O)C1CCC(C)(C)c2cc(OS(=O)(=O)C(F)(F)F)c(C)cc21.CCc1ccc(I)cc1. The van der Waals surface area contributed by atoms with Crippen molar-refractivity contribution in [1.29, 1.82) is 0 Å². The van der Waals surface area contributed by atoms with Crippen molar-refractivity contribution in [2.75, 3.05) is 13.2 Å². The number of hydrogen-bond donors (Lipinski definition) is 1. The van der Waals surface area contributed by atoms with Crippen LogP contribution >= 0.6 is 22.6 Å². The molecule has 2 aliphatic rings. The van der Waals surface area contributed by atoms with Crippen LogP contribution in [0.2, 0.25) is 19.6 Å². The second-order valence-electron chi connectivity index (χ2n) is 19.8. The van der Waals surface area contributed by atoms with Gasteiger partial charge in [0.05, 0.1) is 31.5 Å². The molecule has 2 atom stereocenters. The lowest BCUT2D eigenvalue weighted by Crippen LogP contribution is -2.31. The fraction of sp³-hybridized carbons (Fsp3) is 0.446. The molecule has 0 bridgehead atoms. The highest BCUT2D eigenvalue weighted by Gasteiger charge is 2.49. The summed E-state index contributed by atoms with van der Waals surface area (Å²) in [5.41, 5.74) is 5.38. The molecule has 2 unspecified atom stereocenters. The van der Waals surface area contributed by atoms with Crippen molar-refractivity contribution in [2.45, 2.75) is 149 Å². The van der Waals surface area contributed by atoms with Crippen LogP contribution in [0.15, 0.2) is 72.8 Å². The number of alkyl halides is 3. The molecule has 0 aromatic heterocycles. The van der Waals surface area contributed by atoms with Crippen LogP contribution in [-0.2, 0) is 57.6 Å². The Morgan fingerprint density at radius 1 is 0.761 bits per heavy atom. The molecule has 0 fully saturated rings. The zero-order valence-electron chi connectivity index (χ0n) is 43.0. The van der Waals surface area contributed by atoms with Crippen LogP contribution in [0.4, 0.5) is 13.2 Å². The highest BCUT2D eigenvalue weighted by Crippen LogP contribution is 2.47. The summed E-state index contributed by atoms with van der Waals surface area (Å²) in [6.07, 6.45) is 9.12. The number of carboxylic acids is 1. The predicted octanol–water partition coefficient (Wildman–Crippen LogP) is 13.0. The molecule has 9 nitrogen and oxygen atoms in total. The highest BCUT2D eigenvalue weighted by atomic mass is 127. The quantitative estimate of drug-likeness (QED) is 0.0434. The third kappa shape index (κ3) is 17.6. The summed E-state index contributed by atoms with van der Waals surface area (Å²) in [6, 6.07) is 22.9. The van der Waals surface area contributed by atoms with E-state index in [9.17, 15) is 36.0 Å². The van der Waals surface area contributed by atoms with Gasteiger partial charge >= 0.3 is 33.5 Å². The lowest BCUT2D eigenvalue weighted by atomic mass is 9.68. The van der Waals surface area contributed by atoms with Crippen LogP contribution in [0, 0.1) is 41.2 Å². The predicted molar refractivity (Wildman–Crippen MR) is 286 cm³/mol. The van der Waals surface area contributed by atoms with E-state index in [4.69, 9.17) is 21.0 Å². The lowest BCUT2D eigenvalue weighted by Gasteiger charge is -2.36. The first kappa shape index (κ1) is 60.2. The van der Waals surface area contributed by atoms with Crippen molar-refractivity contribution < 1.29 is 54.7 Å². The maximum absolute atomic E-state index is 12.6. The van der Waals surface area contributed by atoms with Gasteiger partial charge in [0.2, 0.25) is 0 Å². The first-order valence-electron chi connectivity index (χ1n) is 23.6. The number of benzene rings is 4. The molecular weight excluding hydrogens is 1060 g/mol. The third-order valence-electron chi connectivity index (χ3n) is 12.1. The Kier molecular flexibility index (Phi) is 21.6. The van der Waals surface area contributed by atoms with Crippen molar-refractivity contribution in [3.8, 4) is 29.6 Å². The number of aliphatic carboxylic acids is 1. The van der Waals surface area contributed by atoms with Gasteiger partial charge < -0.3 is 18.8 Å². The van der Waals surface area contributed by atoms with Gasteiger partial charge in [-0.3, -0.25) is 14.4 Å². The van der Waals surface area contributed by atoms with E-state index in [1.54, 1.807) is 19.1 Å². The Hall–Kier alpha value is -5.10. The molecule has 71 heavy (non-hydrogen) atoms. The first-order chi connectivity index (χ1) is 32.9.